The first-order valence-electron chi connectivity index (χ1n) is 8.47. The van der Waals surface area contributed by atoms with Crippen LogP contribution in [0, 0.1) is 0 Å². The topological polar surface area (TPSA) is 138 Å². The number of benzene rings is 1. The molecule has 0 aliphatic carbocycles. The zero-order valence-electron chi connectivity index (χ0n) is 15.8. The van der Waals surface area contributed by atoms with Crippen molar-refractivity contribution in [2.45, 2.75) is 11.4 Å². The number of nitrogens with zero attached hydrogens (tertiary/aromatic N) is 2. The number of hydroxylamine groups is 1. The average molecular weight is 453 g/mol. The monoisotopic (exact) mass is 452 g/mol. The third-order valence-corrected chi connectivity index (χ3v) is 6.46. The number of phenolic OH excluding ortho intramolecular Hbond substituents is 1. The summed E-state index contributed by atoms with van der Waals surface area (Å²) in [6.07, 6.45) is 1.59. The molecule has 0 aliphatic rings. The van der Waals surface area contributed by atoms with Gasteiger partial charge in [-0.1, -0.05) is 22.1 Å². The average Bonchev–Trinajstić information content (AvgIpc) is 2.74. The zero-order valence-corrected chi connectivity index (χ0v) is 17.4. The van der Waals surface area contributed by atoms with Gasteiger partial charge in [0.25, 0.3) is 20.9 Å². The molecule has 0 spiro atoms. The van der Waals surface area contributed by atoms with E-state index in [0.29, 0.717) is 10.2 Å². The van der Waals surface area contributed by atoms with Crippen LogP contribution in [0.2, 0.25) is 5.02 Å². The number of rotatable bonds is 8. The molecule has 0 amide bonds. The Bertz CT molecular complexity index is 1260. The Balaban J connectivity index is 1.93. The van der Waals surface area contributed by atoms with Gasteiger partial charge in [0.15, 0.2) is 5.75 Å². The predicted octanol–water partition coefficient (Wildman–Crippen LogP) is 1.57. The molecule has 30 heavy (non-hydrogen) atoms. The SMILES string of the molecule is CON(C)S(=O)(=O)c1c(Cl)ccc(Nc2c(NCc3ccccn3)c(=O)c2=O)c1O. The second-order valence-corrected chi connectivity index (χ2v) is 8.36. The minimum absolute atomic E-state index is 0.00146. The molecule has 2 aromatic carbocycles. The summed E-state index contributed by atoms with van der Waals surface area (Å²) in [5.74, 6) is -0.727. The van der Waals surface area contributed by atoms with E-state index in [9.17, 15) is 23.1 Å². The molecular formula is C18H17ClN4O6S. The minimum atomic E-state index is -4.28. The van der Waals surface area contributed by atoms with E-state index >= 15 is 0 Å². The molecule has 3 N–H and O–H groups in total. The van der Waals surface area contributed by atoms with E-state index in [-0.39, 0.29) is 28.6 Å². The van der Waals surface area contributed by atoms with Crippen LogP contribution < -0.4 is 21.5 Å². The molecule has 0 fully saturated rings. The zero-order chi connectivity index (χ0) is 22.1. The maximum absolute atomic E-state index is 12.5. The number of phenols is 1. The lowest BCUT2D eigenvalue weighted by Crippen LogP contribution is -2.36. The fourth-order valence-corrected chi connectivity index (χ4v) is 4.18. The van der Waals surface area contributed by atoms with Gasteiger partial charge in [0.05, 0.1) is 30.1 Å². The Labute approximate surface area is 176 Å². The molecule has 0 aliphatic heterocycles. The summed E-state index contributed by atoms with van der Waals surface area (Å²) in [4.78, 5) is 32.2. The first-order valence-corrected chi connectivity index (χ1v) is 10.3. The number of hydrogen-bond acceptors (Lipinski definition) is 9. The number of nitrogens with one attached hydrogen (secondary N) is 2. The molecule has 3 aromatic rings. The Morgan fingerprint density at radius 3 is 2.50 bits per heavy atom. The third kappa shape index (κ3) is 3.87. The van der Waals surface area contributed by atoms with Crippen LogP contribution in [0.3, 0.4) is 0 Å². The van der Waals surface area contributed by atoms with Gasteiger partial charge in [-0.25, -0.2) is 8.42 Å². The van der Waals surface area contributed by atoms with E-state index in [1.807, 2.05) is 0 Å². The van der Waals surface area contributed by atoms with Crippen LogP contribution in [-0.4, -0.2) is 37.1 Å². The largest absolute Gasteiger partial charge is 0.504 e. The number of pyridine rings is 1. The van der Waals surface area contributed by atoms with Gasteiger partial charge in [0.1, 0.15) is 16.3 Å². The molecule has 0 saturated heterocycles. The van der Waals surface area contributed by atoms with Crippen molar-refractivity contribution < 1.29 is 18.4 Å². The number of halogens is 1. The summed E-state index contributed by atoms with van der Waals surface area (Å²) >= 11 is 5.97. The van der Waals surface area contributed by atoms with E-state index in [2.05, 4.69) is 20.5 Å². The van der Waals surface area contributed by atoms with Crippen molar-refractivity contribution in [3.8, 4) is 5.75 Å². The van der Waals surface area contributed by atoms with Crippen molar-refractivity contribution >= 4 is 38.7 Å². The van der Waals surface area contributed by atoms with E-state index < -0.39 is 31.5 Å². The van der Waals surface area contributed by atoms with E-state index in [4.69, 9.17) is 11.6 Å². The smallest absolute Gasteiger partial charge is 0.269 e. The molecule has 1 aromatic heterocycles. The Morgan fingerprint density at radius 1 is 1.17 bits per heavy atom. The fourth-order valence-electron chi connectivity index (χ4n) is 2.62. The third-order valence-electron chi connectivity index (χ3n) is 4.28. The molecule has 12 heteroatoms. The minimum Gasteiger partial charge on any atom is -0.504 e. The molecule has 1 heterocycles. The number of hydrogen-bond donors (Lipinski definition) is 3. The predicted molar refractivity (Wildman–Crippen MR) is 111 cm³/mol. The summed E-state index contributed by atoms with van der Waals surface area (Å²) in [7, 11) is -2.03. The van der Waals surface area contributed by atoms with Crippen molar-refractivity contribution in [2.75, 3.05) is 24.8 Å². The summed E-state index contributed by atoms with van der Waals surface area (Å²) in [5, 5.41) is 15.7. The highest BCUT2D eigenvalue weighted by atomic mass is 35.5. The molecule has 0 atom stereocenters. The molecule has 10 nitrogen and oxygen atoms in total. The Kier molecular flexibility index (Phi) is 6.08. The van der Waals surface area contributed by atoms with Gasteiger partial charge in [-0.2, -0.15) is 0 Å². The number of aromatic nitrogens is 1. The Morgan fingerprint density at radius 2 is 1.87 bits per heavy atom. The van der Waals surface area contributed by atoms with Crippen LogP contribution in [0.4, 0.5) is 17.1 Å². The highest BCUT2D eigenvalue weighted by Gasteiger charge is 2.30. The normalized spacial score (nSPS) is 11.7. The number of sulfonamides is 1. The molecule has 0 unspecified atom stereocenters. The van der Waals surface area contributed by atoms with Gasteiger partial charge in [0.2, 0.25) is 0 Å². The molecule has 3 rings (SSSR count). The van der Waals surface area contributed by atoms with Crippen molar-refractivity contribution in [3.05, 3.63) is 67.7 Å². The first-order chi connectivity index (χ1) is 14.2. The fraction of sp³-hybridized carbons (Fsp3) is 0.167. The summed E-state index contributed by atoms with van der Waals surface area (Å²) in [5.41, 5.74) is -1.16. The summed E-state index contributed by atoms with van der Waals surface area (Å²) in [6.45, 7) is 0.186. The second kappa shape index (κ2) is 8.40. The summed E-state index contributed by atoms with van der Waals surface area (Å²) in [6, 6.07) is 7.76. The molecule has 158 valence electrons. The van der Waals surface area contributed by atoms with Gasteiger partial charge in [-0.3, -0.25) is 19.4 Å². The maximum atomic E-state index is 12.5. The van der Waals surface area contributed by atoms with Gasteiger partial charge in [-0.15, -0.1) is 0 Å². The quantitative estimate of drug-likeness (QED) is 0.264. The highest BCUT2D eigenvalue weighted by molar-refractivity contribution is 7.89. The van der Waals surface area contributed by atoms with Gasteiger partial charge in [-0.05, 0) is 24.3 Å². The number of aromatic hydroxyl groups is 1. The molecule has 0 radical (unpaired) electrons. The van der Waals surface area contributed by atoms with Gasteiger partial charge >= 0.3 is 0 Å². The van der Waals surface area contributed by atoms with E-state index in [1.54, 1.807) is 24.4 Å². The first kappa shape index (κ1) is 21.7. The molecule has 0 saturated carbocycles. The maximum Gasteiger partial charge on any atom is 0.269 e. The second-order valence-electron chi connectivity index (χ2n) is 6.08. The summed E-state index contributed by atoms with van der Waals surface area (Å²) < 4.78 is 25.6. The van der Waals surface area contributed by atoms with Crippen molar-refractivity contribution in [1.82, 2.24) is 9.45 Å². The molecular weight excluding hydrogens is 436 g/mol. The lowest BCUT2D eigenvalue weighted by Gasteiger charge is -2.19. The lowest BCUT2D eigenvalue weighted by molar-refractivity contribution is -0.0259. The van der Waals surface area contributed by atoms with E-state index in [1.165, 1.54) is 12.1 Å². The standard InChI is InChI=1S/C18H17ClN4O6S/c1-23(29-2)30(27,28)18-11(19)6-7-12(15(18)24)22-14-13(16(25)17(14)26)21-9-10-5-3-4-8-20-10/h3-8,21-22,24H,9H2,1-2H3. The van der Waals surface area contributed by atoms with Crippen LogP contribution >= 0.6 is 11.6 Å². The Hall–Kier alpha value is -2.99. The van der Waals surface area contributed by atoms with Crippen LogP contribution in [0.5, 0.6) is 5.75 Å². The van der Waals surface area contributed by atoms with Gasteiger partial charge < -0.3 is 15.7 Å². The van der Waals surface area contributed by atoms with Crippen molar-refractivity contribution in [1.29, 1.82) is 0 Å². The van der Waals surface area contributed by atoms with Crippen LogP contribution in [0.15, 0.2) is 51.0 Å². The van der Waals surface area contributed by atoms with Crippen LogP contribution in [0.25, 0.3) is 0 Å². The van der Waals surface area contributed by atoms with Crippen molar-refractivity contribution in [3.63, 3.8) is 0 Å². The molecule has 0 bridgehead atoms. The van der Waals surface area contributed by atoms with E-state index in [0.717, 1.165) is 14.2 Å². The van der Waals surface area contributed by atoms with Crippen molar-refractivity contribution in [2.24, 2.45) is 0 Å². The number of anilines is 3. The van der Waals surface area contributed by atoms with Crippen LogP contribution in [0.1, 0.15) is 5.69 Å². The van der Waals surface area contributed by atoms with Gasteiger partial charge in [0, 0.05) is 13.2 Å². The lowest BCUT2D eigenvalue weighted by atomic mass is 10.1. The van der Waals surface area contributed by atoms with Crippen LogP contribution in [-0.2, 0) is 21.4 Å². The highest BCUT2D eigenvalue weighted by Crippen LogP contribution is 2.39.